The van der Waals surface area contributed by atoms with Gasteiger partial charge in [-0.05, 0) is 42.7 Å². The summed E-state index contributed by atoms with van der Waals surface area (Å²) in [6, 6.07) is 12.9. The number of benzene rings is 2. The van der Waals surface area contributed by atoms with Crippen LogP contribution in [-0.2, 0) is 6.54 Å². The predicted octanol–water partition coefficient (Wildman–Crippen LogP) is 3.76. The van der Waals surface area contributed by atoms with Crippen molar-refractivity contribution in [3.63, 3.8) is 0 Å². The summed E-state index contributed by atoms with van der Waals surface area (Å²) in [7, 11) is 0. The van der Waals surface area contributed by atoms with Crippen LogP contribution in [0.25, 0.3) is 11.1 Å². The van der Waals surface area contributed by atoms with E-state index in [2.05, 4.69) is 15.3 Å². The van der Waals surface area contributed by atoms with Crippen molar-refractivity contribution in [2.75, 3.05) is 0 Å². The minimum atomic E-state index is -0.497. The summed E-state index contributed by atoms with van der Waals surface area (Å²) < 4.78 is 14.4. The zero-order valence-electron chi connectivity index (χ0n) is 13.6. The third-order valence-corrected chi connectivity index (χ3v) is 3.78. The van der Waals surface area contributed by atoms with Gasteiger partial charge in [0.15, 0.2) is 0 Å². The number of amides is 1. The molecule has 2 N–H and O–H groups in total. The van der Waals surface area contributed by atoms with Crippen LogP contribution in [0.5, 0.6) is 0 Å². The van der Waals surface area contributed by atoms with Crippen molar-refractivity contribution in [1.29, 1.82) is 0 Å². The molecular weight excluding hydrogens is 305 g/mol. The van der Waals surface area contributed by atoms with E-state index in [0.717, 1.165) is 16.8 Å². The van der Waals surface area contributed by atoms with Crippen LogP contribution in [0.4, 0.5) is 4.39 Å². The van der Waals surface area contributed by atoms with Gasteiger partial charge in [-0.25, -0.2) is 9.37 Å². The van der Waals surface area contributed by atoms with E-state index in [-0.39, 0.29) is 12.1 Å². The maximum Gasteiger partial charge on any atom is 0.254 e. The van der Waals surface area contributed by atoms with Crippen LogP contribution in [0.3, 0.4) is 0 Å². The molecule has 3 aromatic rings. The fraction of sp³-hybridized carbons (Fsp3) is 0.158. The number of aryl methyl sites for hydroxylation is 2. The number of imidazole rings is 1. The molecule has 122 valence electrons. The number of carbonyl (C=O) groups excluding carboxylic acids is 1. The standard InChI is InChI=1S/C19H18FN3O/c1-12-8-15(14-6-4-3-5-7-14)9-16(18(12)20)19(24)22-11-17-21-10-13(2)23-17/h3-10H,11H2,1-2H3,(H,21,23)(H,22,24). The van der Waals surface area contributed by atoms with E-state index in [1.807, 2.05) is 37.3 Å². The summed E-state index contributed by atoms with van der Waals surface area (Å²) in [6.07, 6.45) is 1.68. The Labute approximate surface area is 139 Å². The van der Waals surface area contributed by atoms with E-state index < -0.39 is 11.7 Å². The number of halogens is 1. The lowest BCUT2D eigenvalue weighted by atomic mass is 9.99. The van der Waals surface area contributed by atoms with Crippen molar-refractivity contribution in [2.45, 2.75) is 20.4 Å². The highest BCUT2D eigenvalue weighted by atomic mass is 19.1. The quantitative estimate of drug-likeness (QED) is 0.768. The Balaban J connectivity index is 1.86. The first-order valence-electron chi connectivity index (χ1n) is 7.69. The monoisotopic (exact) mass is 323 g/mol. The van der Waals surface area contributed by atoms with E-state index in [1.54, 1.807) is 25.3 Å². The molecule has 0 unspecified atom stereocenters. The van der Waals surface area contributed by atoms with Gasteiger partial charge in [0.2, 0.25) is 0 Å². The van der Waals surface area contributed by atoms with Crippen LogP contribution < -0.4 is 5.32 Å². The number of aromatic nitrogens is 2. The van der Waals surface area contributed by atoms with Gasteiger partial charge in [-0.3, -0.25) is 4.79 Å². The highest BCUT2D eigenvalue weighted by Gasteiger charge is 2.16. The van der Waals surface area contributed by atoms with Crippen molar-refractivity contribution in [1.82, 2.24) is 15.3 Å². The van der Waals surface area contributed by atoms with Crippen LogP contribution in [0.1, 0.15) is 27.4 Å². The Bertz CT molecular complexity index is 872. The Morgan fingerprint density at radius 2 is 1.92 bits per heavy atom. The molecule has 3 rings (SSSR count). The van der Waals surface area contributed by atoms with Gasteiger partial charge >= 0.3 is 0 Å². The average molecular weight is 323 g/mol. The second-order valence-electron chi connectivity index (χ2n) is 5.72. The minimum absolute atomic E-state index is 0.0390. The Morgan fingerprint density at radius 1 is 1.17 bits per heavy atom. The number of aromatic amines is 1. The molecule has 0 bridgehead atoms. The van der Waals surface area contributed by atoms with Crippen LogP contribution >= 0.6 is 0 Å². The first kappa shape index (κ1) is 15.9. The molecule has 0 radical (unpaired) electrons. The Morgan fingerprint density at radius 3 is 2.58 bits per heavy atom. The third-order valence-electron chi connectivity index (χ3n) is 3.78. The number of hydrogen-bond acceptors (Lipinski definition) is 2. The van der Waals surface area contributed by atoms with Crippen LogP contribution in [-0.4, -0.2) is 15.9 Å². The van der Waals surface area contributed by atoms with Gasteiger partial charge in [0.05, 0.1) is 12.1 Å². The number of carbonyl (C=O) groups is 1. The first-order chi connectivity index (χ1) is 11.5. The maximum absolute atomic E-state index is 14.4. The second kappa shape index (κ2) is 6.66. The van der Waals surface area contributed by atoms with Gasteiger partial charge in [-0.1, -0.05) is 30.3 Å². The van der Waals surface area contributed by atoms with Crippen LogP contribution in [0.15, 0.2) is 48.7 Å². The molecule has 0 spiro atoms. The number of H-pyrrole nitrogens is 1. The van der Waals surface area contributed by atoms with Crippen molar-refractivity contribution < 1.29 is 9.18 Å². The summed E-state index contributed by atoms with van der Waals surface area (Å²) in [5, 5.41) is 2.70. The number of nitrogens with one attached hydrogen (secondary N) is 2. The molecule has 0 atom stereocenters. The van der Waals surface area contributed by atoms with E-state index in [4.69, 9.17) is 0 Å². The summed E-state index contributed by atoms with van der Waals surface area (Å²) in [5.41, 5.74) is 3.14. The zero-order valence-corrected chi connectivity index (χ0v) is 13.6. The lowest BCUT2D eigenvalue weighted by molar-refractivity contribution is 0.0945. The molecule has 1 aromatic heterocycles. The third kappa shape index (κ3) is 3.35. The van der Waals surface area contributed by atoms with Crippen molar-refractivity contribution in [3.05, 3.63) is 77.1 Å². The highest BCUT2D eigenvalue weighted by molar-refractivity contribution is 5.96. The molecule has 0 saturated heterocycles. The number of rotatable bonds is 4. The average Bonchev–Trinajstić information content (AvgIpc) is 3.01. The molecule has 0 saturated carbocycles. The smallest absolute Gasteiger partial charge is 0.254 e. The normalized spacial score (nSPS) is 10.6. The topological polar surface area (TPSA) is 57.8 Å². The van der Waals surface area contributed by atoms with Crippen LogP contribution in [0, 0.1) is 19.7 Å². The Hall–Kier alpha value is -2.95. The molecule has 24 heavy (non-hydrogen) atoms. The SMILES string of the molecule is Cc1cnc(CNC(=O)c2cc(-c3ccccc3)cc(C)c2F)[nH]1. The maximum atomic E-state index is 14.4. The van der Waals surface area contributed by atoms with Gasteiger partial charge in [-0.2, -0.15) is 0 Å². The van der Waals surface area contributed by atoms with Crippen LogP contribution in [0.2, 0.25) is 0 Å². The number of nitrogens with zero attached hydrogens (tertiary/aromatic N) is 1. The molecule has 5 heteroatoms. The fourth-order valence-corrected chi connectivity index (χ4v) is 2.55. The van der Waals surface area contributed by atoms with E-state index in [0.29, 0.717) is 11.4 Å². The predicted molar refractivity (Wildman–Crippen MR) is 91.1 cm³/mol. The van der Waals surface area contributed by atoms with Gasteiger partial charge < -0.3 is 10.3 Å². The van der Waals surface area contributed by atoms with E-state index >= 15 is 0 Å². The van der Waals surface area contributed by atoms with Gasteiger partial charge in [-0.15, -0.1) is 0 Å². The molecular formula is C19H18FN3O. The summed E-state index contributed by atoms with van der Waals surface area (Å²) in [5.74, 6) is -0.317. The second-order valence-corrected chi connectivity index (χ2v) is 5.72. The lowest BCUT2D eigenvalue weighted by Gasteiger charge is -2.10. The van der Waals surface area contributed by atoms with Gasteiger partial charge in [0.1, 0.15) is 11.6 Å². The van der Waals surface area contributed by atoms with Crippen molar-refractivity contribution in [3.8, 4) is 11.1 Å². The summed E-state index contributed by atoms with van der Waals surface area (Å²) in [4.78, 5) is 19.5. The molecule has 0 fully saturated rings. The fourth-order valence-electron chi connectivity index (χ4n) is 2.55. The van der Waals surface area contributed by atoms with Crippen molar-refractivity contribution >= 4 is 5.91 Å². The molecule has 0 aliphatic rings. The largest absolute Gasteiger partial charge is 0.345 e. The zero-order chi connectivity index (χ0) is 17.1. The highest BCUT2D eigenvalue weighted by Crippen LogP contribution is 2.24. The van der Waals surface area contributed by atoms with E-state index in [1.165, 1.54) is 0 Å². The molecule has 4 nitrogen and oxygen atoms in total. The number of hydrogen-bond donors (Lipinski definition) is 2. The first-order valence-corrected chi connectivity index (χ1v) is 7.69. The summed E-state index contributed by atoms with van der Waals surface area (Å²) in [6.45, 7) is 3.76. The molecule has 1 amide bonds. The summed E-state index contributed by atoms with van der Waals surface area (Å²) >= 11 is 0. The minimum Gasteiger partial charge on any atom is -0.345 e. The lowest BCUT2D eigenvalue weighted by Crippen LogP contribution is -2.24. The molecule has 0 aliphatic heterocycles. The van der Waals surface area contributed by atoms with Gasteiger partial charge in [0.25, 0.3) is 5.91 Å². The molecule has 1 heterocycles. The Kier molecular flexibility index (Phi) is 4.42. The van der Waals surface area contributed by atoms with Crippen molar-refractivity contribution in [2.24, 2.45) is 0 Å². The molecule has 0 aliphatic carbocycles. The van der Waals surface area contributed by atoms with Gasteiger partial charge in [0, 0.05) is 11.9 Å². The molecule has 2 aromatic carbocycles. The van der Waals surface area contributed by atoms with E-state index in [9.17, 15) is 9.18 Å².